The third-order valence-electron chi connectivity index (χ3n) is 2.17. The van der Waals surface area contributed by atoms with Gasteiger partial charge in [0, 0.05) is 6.07 Å². The number of nitro groups is 1. The fourth-order valence-corrected chi connectivity index (χ4v) is 1.85. The van der Waals surface area contributed by atoms with Gasteiger partial charge in [-0.3, -0.25) is 14.9 Å². The van der Waals surface area contributed by atoms with E-state index in [1.165, 1.54) is 6.07 Å². The summed E-state index contributed by atoms with van der Waals surface area (Å²) in [6.07, 6.45) is 0.202. The van der Waals surface area contributed by atoms with E-state index < -0.39 is 27.2 Å². The number of benzene rings is 1. The van der Waals surface area contributed by atoms with Crippen molar-refractivity contribution in [2.75, 3.05) is 6.61 Å². The molecule has 98 valence electrons. The molecule has 0 saturated carbocycles. The fraction of sp³-hybridized carbons (Fsp3) is 0.364. The van der Waals surface area contributed by atoms with Crippen LogP contribution in [0.5, 0.6) is 0 Å². The molecule has 18 heavy (non-hydrogen) atoms. The summed E-state index contributed by atoms with van der Waals surface area (Å²) in [5, 5.41) is 10.4. The van der Waals surface area contributed by atoms with Gasteiger partial charge in [0.2, 0.25) is 5.82 Å². The normalized spacial score (nSPS) is 11.9. The van der Waals surface area contributed by atoms with Gasteiger partial charge in [0.15, 0.2) is 0 Å². The summed E-state index contributed by atoms with van der Waals surface area (Å²) in [5.41, 5.74) is -0.103. The number of halogens is 2. The minimum atomic E-state index is -0.916. The molecular weight excluding hydrogens is 309 g/mol. The van der Waals surface area contributed by atoms with E-state index in [1.54, 1.807) is 6.92 Å². The number of alkyl halides is 1. The van der Waals surface area contributed by atoms with E-state index in [0.29, 0.717) is 5.56 Å². The molecule has 0 radical (unpaired) electrons. The second-order valence-electron chi connectivity index (χ2n) is 3.47. The molecule has 1 unspecified atom stereocenters. The minimum Gasteiger partial charge on any atom is -0.465 e. The van der Waals surface area contributed by atoms with Crippen molar-refractivity contribution in [1.82, 2.24) is 0 Å². The van der Waals surface area contributed by atoms with Gasteiger partial charge < -0.3 is 4.74 Å². The minimum absolute atomic E-state index is 0.202. The molecule has 0 aliphatic rings. The third kappa shape index (κ3) is 3.76. The molecule has 0 aliphatic heterocycles. The molecule has 0 saturated heterocycles. The van der Waals surface area contributed by atoms with Crippen LogP contribution in [0.25, 0.3) is 0 Å². The average Bonchev–Trinajstić information content (AvgIpc) is 2.28. The van der Waals surface area contributed by atoms with E-state index in [-0.39, 0.29) is 13.0 Å². The molecule has 1 aromatic carbocycles. The number of carbonyl (C=O) groups is 1. The Hall–Kier alpha value is -1.50. The second kappa shape index (κ2) is 6.44. The summed E-state index contributed by atoms with van der Waals surface area (Å²) in [5.74, 6) is -1.36. The van der Waals surface area contributed by atoms with Crippen LogP contribution in [-0.2, 0) is 16.0 Å². The lowest BCUT2D eigenvalue weighted by Gasteiger charge is -2.08. The van der Waals surface area contributed by atoms with Crippen LogP contribution in [0.4, 0.5) is 10.1 Å². The van der Waals surface area contributed by atoms with Gasteiger partial charge in [-0.1, -0.05) is 22.0 Å². The Bertz CT molecular complexity index is 466. The molecule has 0 bridgehead atoms. The molecule has 0 fully saturated rings. The number of esters is 1. The molecule has 1 aromatic rings. The smallest absolute Gasteiger partial charge is 0.320 e. The van der Waals surface area contributed by atoms with Gasteiger partial charge in [0.05, 0.1) is 11.5 Å². The van der Waals surface area contributed by atoms with Crippen molar-refractivity contribution in [1.29, 1.82) is 0 Å². The van der Waals surface area contributed by atoms with Crippen LogP contribution in [0.1, 0.15) is 12.5 Å². The number of nitrogens with zero attached hydrogens (tertiary/aromatic N) is 1. The highest BCUT2D eigenvalue weighted by molar-refractivity contribution is 9.10. The lowest BCUT2D eigenvalue weighted by Crippen LogP contribution is -2.19. The van der Waals surface area contributed by atoms with Crippen molar-refractivity contribution >= 4 is 27.6 Å². The number of rotatable bonds is 5. The van der Waals surface area contributed by atoms with Crippen molar-refractivity contribution in [2.24, 2.45) is 0 Å². The van der Waals surface area contributed by atoms with Crippen molar-refractivity contribution in [3.05, 3.63) is 39.7 Å². The maximum absolute atomic E-state index is 13.3. The van der Waals surface area contributed by atoms with Gasteiger partial charge in [0.1, 0.15) is 4.83 Å². The van der Waals surface area contributed by atoms with E-state index in [4.69, 9.17) is 4.74 Å². The lowest BCUT2D eigenvalue weighted by atomic mass is 10.1. The van der Waals surface area contributed by atoms with Gasteiger partial charge in [-0.15, -0.1) is 0 Å². The topological polar surface area (TPSA) is 69.4 Å². The first-order valence-electron chi connectivity index (χ1n) is 5.19. The summed E-state index contributed by atoms with van der Waals surface area (Å²) in [7, 11) is 0. The summed E-state index contributed by atoms with van der Waals surface area (Å²) >= 11 is 3.12. The molecule has 0 spiro atoms. The largest absolute Gasteiger partial charge is 0.465 e. The number of nitro benzene ring substituents is 1. The predicted molar refractivity (Wildman–Crippen MR) is 66.1 cm³/mol. The molecule has 0 aromatic heterocycles. The van der Waals surface area contributed by atoms with Crippen LogP contribution in [0.15, 0.2) is 18.2 Å². The first kappa shape index (κ1) is 14.6. The third-order valence-corrected chi connectivity index (χ3v) is 2.86. The van der Waals surface area contributed by atoms with Crippen LogP contribution in [-0.4, -0.2) is 22.3 Å². The molecule has 1 rings (SSSR count). The van der Waals surface area contributed by atoms with E-state index in [2.05, 4.69) is 15.9 Å². The monoisotopic (exact) mass is 319 g/mol. The van der Waals surface area contributed by atoms with E-state index >= 15 is 0 Å². The summed E-state index contributed by atoms with van der Waals surface area (Å²) in [4.78, 5) is 20.4. The summed E-state index contributed by atoms with van der Waals surface area (Å²) < 4.78 is 18.1. The van der Waals surface area contributed by atoms with Crippen molar-refractivity contribution < 1.29 is 18.8 Å². The molecule has 5 nitrogen and oxygen atoms in total. The van der Waals surface area contributed by atoms with E-state index in [0.717, 1.165) is 12.1 Å². The Balaban J connectivity index is 2.77. The number of hydrogen-bond acceptors (Lipinski definition) is 4. The highest BCUT2D eigenvalue weighted by atomic mass is 79.9. The Kier molecular flexibility index (Phi) is 5.21. The Morgan fingerprint density at radius 3 is 2.78 bits per heavy atom. The molecule has 1 atom stereocenters. The van der Waals surface area contributed by atoms with Crippen molar-refractivity contribution in [3.63, 3.8) is 0 Å². The summed E-state index contributed by atoms with van der Waals surface area (Å²) in [6.45, 7) is 1.94. The van der Waals surface area contributed by atoms with Gasteiger partial charge in [0.25, 0.3) is 0 Å². The maximum Gasteiger partial charge on any atom is 0.320 e. The van der Waals surface area contributed by atoms with E-state index in [9.17, 15) is 19.3 Å². The zero-order valence-corrected chi connectivity index (χ0v) is 11.1. The van der Waals surface area contributed by atoms with E-state index in [1.807, 2.05) is 0 Å². The van der Waals surface area contributed by atoms with Crippen LogP contribution >= 0.6 is 15.9 Å². The molecule has 7 heteroatoms. The number of ether oxygens (including phenoxy) is 1. The first-order valence-corrected chi connectivity index (χ1v) is 6.10. The highest BCUT2D eigenvalue weighted by Crippen LogP contribution is 2.20. The maximum atomic E-state index is 13.3. The first-order chi connectivity index (χ1) is 8.45. The van der Waals surface area contributed by atoms with Crippen molar-refractivity contribution in [2.45, 2.75) is 18.2 Å². The van der Waals surface area contributed by atoms with Crippen LogP contribution in [0, 0.1) is 15.9 Å². The lowest BCUT2D eigenvalue weighted by molar-refractivity contribution is -0.387. The number of hydrogen-bond donors (Lipinski definition) is 0. The Morgan fingerprint density at radius 1 is 1.61 bits per heavy atom. The highest BCUT2D eigenvalue weighted by Gasteiger charge is 2.19. The van der Waals surface area contributed by atoms with Crippen molar-refractivity contribution in [3.8, 4) is 0 Å². The second-order valence-corrected chi connectivity index (χ2v) is 4.57. The van der Waals surface area contributed by atoms with Gasteiger partial charge in [-0.05, 0) is 25.0 Å². The quantitative estimate of drug-likeness (QED) is 0.362. The Morgan fingerprint density at radius 2 is 2.28 bits per heavy atom. The fourth-order valence-electron chi connectivity index (χ4n) is 1.35. The van der Waals surface area contributed by atoms with Gasteiger partial charge >= 0.3 is 11.7 Å². The Labute approximate surface area is 111 Å². The van der Waals surface area contributed by atoms with Gasteiger partial charge in [-0.25, -0.2) is 0 Å². The standard InChI is InChI=1S/C11H11BrFNO4/c1-2-18-11(15)8(12)5-7-3-4-10(14(16)17)9(13)6-7/h3-4,6,8H,2,5H2,1H3. The SMILES string of the molecule is CCOC(=O)C(Br)Cc1ccc([N+](=O)[O-])c(F)c1. The molecular formula is C11H11BrFNO4. The zero-order valence-electron chi connectivity index (χ0n) is 9.56. The summed E-state index contributed by atoms with van der Waals surface area (Å²) in [6, 6.07) is 3.54. The predicted octanol–water partition coefficient (Wildman–Crippen LogP) is 2.60. The van der Waals surface area contributed by atoms with Crippen LogP contribution < -0.4 is 0 Å². The van der Waals surface area contributed by atoms with Crippen LogP contribution in [0.2, 0.25) is 0 Å². The average molecular weight is 320 g/mol. The van der Waals surface area contributed by atoms with Crippen LogP contribution in [0.3, 0.4) is 0 Å². The molecule has 0 heterocycles. The molecule has 0 amide bonds. The number of carbonyl (C=O) groups excluding carboxylic acids is 1. The zero-order chi connectivity index (χ0) is 13.7. The molecule has 0 N–H and O–H groups in total. The van der Waals surface area contributed by atoms with Gasteiger partial charge in [-0.2, -0.15) is 4.39 Å². The molecule has 0 aliphatic carbocycles.